The van der Waals surface area contributed by atoms with E-state index >= 15 is 0 Å². The molecule has 2 unspecified atom stereocenters. The van der Waals surface area contributed by atoms with Gasteiger partial charge in [0.2, 0.25) is 5.91 Å². The number of amides is 1. The fraction of sp³-hybridized carbons (Fsp3) is 0.348. The predicted molar refractivity (Wildman–Crippen MR) is 112 cm³/mol. The lowest BCUT2D eigenvalue weighted by Gasteiger charge is -2.41. The quantitative estimate of drug-likeness (QED) is 0.803. The van der Waals surface area contributed by atoms with Gasteiger partial charge in [-0.15, -0.1) is 0 Å². The van der Waals surface area contributed by atoms with Crippen LogP contribution in [0.5, 0.6) is 0 Å². The van der Waals surface area contributed by atoms with Crippen LogP contribution in [-0.4, -0.2) is 30.9 Å². The van der Waals surface area contributed by atoms with Gasteiger partial charge in [0, 0.05) is 24.9 Å². The number of benzene rings is 2. The SMILES string of the molecule is CN1CCC2=C(c3ccccc3)CCC(C(=O)Nc3ccccc3Cl)C2C1. The number of nitrogens with one attached hydrogen (secondary N) is 1. The van der Waals surface area contributed by atoms with Crippen molar-refractivity contribution in [2.75, 3.05) is 25.5 Å². The molecule has 1 aliphatic heterocycles. The number of carbonyl (C=O) groups excluding carboxylic acids is 1. The summed E-state index contributed by atoms with van der Waals surface area (Å²) < 4.78 is 0. The van der Waals surface area contributed by atoms with Crippen LogP contribution in [0.1, 0.15) is 24.8 Å². The van der Waals surface area contributed by atoms with Crippen molar-refractivity contribution >= 4 is 28.8 Å². The minimum Gasteiger partial charge on any atom is -0.325 e. The monoisotopic (exact) mass is 380 g/mol. The van der Waals surface area contributed by atoms with Crippen LogP contribution in [0, 0.1) is 11.8 Å². The Morgan fingerprint density at radius 2 is 1.81 bits per heavy atom. The van der Waals surface area contributed by atoms with E-state index in [1.807, 2.05) is 24.3 Å². The summed E-state index contributed by atoms with van der Waals surface area (Å²) in [5, 5.41) is 3.66. The zero-order valence-corrected chi connectivity index (χ0v) is 16.4. The molecule has 1 N–H and O–H groups in total. The van der Waals surface area contributed by atoms with Gasteiger partial charge < -0.3 is 10.2 Å². The molecule has 0 bridgehead atoms. The van der Waals surface area contributed by atoms with Gasteiger partial charge in [0.1, 0.15) is 0 Å². The summed E-state index contributed by atoms with van der Waals surface area (Å²) in [6.45, 7) is 1.99. The molecule has 2 aromatic carbocycles. The third kappa shape index (κ3) is 3.80. The number of piperidine rings is 1. The molecular weight excluding hydrogens is 356 g/mol. The van der Waals surface area contributed by atoms with Crippen molar-refractivity contribution < 1.29 is 4.79 Å². The second-order valence-electron chi connectivity index (χ2n) is 7.60. The molecular formula is C23H25ClN2O. The number of para-hydroxylation sites is 1. The van der Waals surface area contributed by atoms with E-state index in [1.54, 1.807) is 0 Å². The van der Waals surface area contributed by atoms with Crippen molar-refractivity contribution in [3.05, 3.63) is 70.8 Å². The molecule has 1 fully saturated rings. The minimum atomic E-state index is -0.00788. The van der Waals surface area contributed by atoms with Crippen LogP contribution in [0.15, 0.2) is 60.2 Å². The predicted octanol–water partition coefficient (Wildman–Crippen LogP) is 5.09. The lowest BCUT2D eigenvalue weighted by molar-refractivity contribution is -0.121. The van der Waals surface area contributed by atoms with Crippen LogP contribution in [0.2, 0.25) is 5.02 Å². The number of allylic oxidation sites excluding steroid dienone is 1. The van der Waals surface area contributed by atoms with Gasteiger partial charge in [-0.3, -0.25) is 4.79 Å². The molecule has 2 aromatic rings. The van der Waals surface area contributed by atoms with Crippen molar-refractivity contribution in [1.82, 2.24) is 4.90 Å². The van der Waals surface area contributed by atoms with E-state index in [2.05, 4.69) is 47.6 Å². The first-order valence-electron chi connectivity index (χ1n) is 9.65. The number of anilines is 1. The number of fused-ring (bicyclic) bond motifs is 1. The van der Waals surface area contributed by atoms with Gasteiger partial charge >= 0.3 is 0 Å². The van der Waals surface area contributed by atoms with Crippen LogP contribution < -0.4 is 5.32 Å². The first-order valence-corrected chi connectivity index (χ1v) is 10.0. The molecule has 27 heavy (non-hydrogen) atoms. The standard InChI is InChI=1S/C23H25ClN2O/c1-26-14-13-18-17(16-7-3-2-4-8-16)11-12-19(20(18)15-26)23(27)25-22-10-6-5-9-21(22)24/h2-10,19-20H,11-15H2,1H3,(H,25,27). The fourth-order valence-corrected chi connectivity index (χ4v) is 4.69. The smallest absolute Gasteiger partial charge is 0.228 e. The Bertz CT molecular complexity index is 862. The van der Waals surface area contributed by atoms with Crippen LogP contribution in [0.3, 0.4) is 0 Å². The number of nitrogens with zero attached hydrogens (tertiary/aromatic N) is 1. The van der Waals surface area contributed by atoms with Gasteiger partial charge in [-0.1, -0.05) is 59.6 Å². The summed E-state index contributed by atoms with van der Waals surface area (Å²) in [4.78, 5) is 15.5. The van der Waals surface area contributed by atoms with Crippen LogP contribution in [0.25, 0.3) is 5.57 Å². The highest BCUT2D eigenvalue weighted by Gasteiger charge is 2.38. The number of hydrogen-bond donors (Lipinski definition) is 1. The maximum absolute atomic E-state index is 13.1. The second kappa shape index (κ2) is 7.87. The largest absolute Gasteiger partial charge is 0.325 e. The van der Waals surface area contributed by atoms with Crippen molar-refractivity contribution in [3.63, 3.8) is 0 Å². The van der Waals surface area contributed by atoms with Crippen LogP contribution >= 0.6 is 11.6 Å². The van der Waals surface area contributed by atoms with Gasteiger partial charge in [0.15, 0.2) is 0 Å². The van der Waals surface area contributed by atoms with E-state index in [0.717, 1.165) is 32.4 Å². The fourth-order valence-electron chi connectivity index (χ4n) is 4.51. The van der Waals surface area contributed by atoms with Crippen LogP contribution in [0.4, 0.5) is 5.69 Å². The summed E-state index contributed by atoms with van der Waals surface area (Å²) >= 11 is 6.24. The lowest BCUT2D eigenvalue weighted by Crippen LogP contribution is -2.43. The number of hydrogen-bond acceptors (Lipinski definition) is 2. The van der Waals surface area contributed by atoms with Gasteiger partial charge in [0.05, 0.1) is 10.7 Å². The van der Waals surface area contributed by atoms with Gasteiger partial charge in [0.25, 0.3) is 0 Å². The third-order valence-corrected chi connectivity index (χ3v) is 6.22. The van der Waals surface area contributed by atoms with E-state index in [1.165, 1.54) is 16.7 Å². The van der Waals surface area contributed by atoms with Crippen molar-refractivity contribution in [3.8, 4) is 0 Å². The van der Waals surface area contributed by atoms with Crippen molar-refractivity contribution in [2.24, 2.45) is 11.8 Å². The molecule has 0 saturated carbocycles. The molecule has 4 rings (SSSR count). The molecule has 140 valence electrons. The number of carbonyl (C=O) groups is 1. The van der Waals surface area contributed by atoms with Crippen LogP contribution in [-0.2, 0) is 4.79 Å². The third-order valence-electron chi connectivity index (χ3n) is 5.89. The summed E-state index contributed by atoms with van der Waals surface area (Å²) in [5.74, 6) is 0.356. The van der Waals surface area contributed by atoms with Crippen molar-refractivity contribution in [1.29, 1.82) is 0 Å². The van der Waals surface area contributed by atoms with Crippen molar-refractivity contribution in [2.45, 2.75) is 19.3 Å². The van der Waals surface area contributed by atoms with E-state index in [9.17, 15) is 4.79 Å². The summed E-state index contributed by atoms with van der Waals surface area (Å²) in [7, 11) is 2.15. The number of halogens is 1. The Kier molecular flexibility index (Phi) is 5.33. The summed E-state index contributed by atoms with van der Waals surface area (Å²) in [6.07, 6.45) is 2.88. The zero-order chi connectivity index (χ0) is 18.8. The average molecular weight is 381 g/mol. The van der Waals surface area contributed by atoms with E-state index in [0.29, 0.717) is 10.7 Å². The molecule has 3 nitrogen and oxygen atoms in total. The Morgan fingerprint density at radius 1 is 1.07 bits per heavy atom. The Balaban J connectivity index is 1.63. The highest BCUT2D eigenvalue weighted by atomic mass is 35.5. The molecule has 2 aliphatic rings. The zero-order valence-electron chi connectivity index (χ0n) is 15.6. The molecule has 2 atom stereocenters. The molecule has 1 amide bonds. The highest BCUT2D eigenvalue weighted by Crippen LogP contribution is 2.43. The minimum absolute atomic E-state index is 0.00788. The Morgan fingerprint density at radius 3 is 2.59 bits per heavy atom. The molecule has 1 heterocycles. The maximum atomic E-state index is 13.1. The molecule has 1 saturated heterocycles. The van der Waals surface area contributed by atoms with Gasteiger partial charge in [-0.05, 0) is 49.6 Å². The van der Waals surface area contributed by atoms with Gasteiger partial charge in [-0.2, -0.15) is 0 Å². The molecule has 0 aromatic heterocycles. The lowest BCUT2D eigenvalue weighted by atomic mass is 9.70. The summed E-state index contributed by atoms with van der Waals surface area (Å²) in [6, 6.07) is 18.1. The molecule has 1 aliphatic carbocycles. The number of likely N-dealkylation sites (tertiary alicyclic amines) is 1. The summed E-state index contributed by atoms with van der Waals surface area (Å²) in [5.41, 5.74) is 4.94. The van der Waals surface area contributed by atoms with E-state index in [4.69, 9.17) is 11.6 Å². The Hall–Kier alpha value is -2.10. The molecule has 0 radical (unpaired) electrons. The van der Waals surface area contributed by atoms with E-state index < -0.39 is 0 Å². The molecule has 0 spiro atoms. The highest BCUT2D eigenvalue weighted by molar-refractivity contribution is 6.33. The maximum Gasteiger partial charge on any atom is 0.228 e. The topological polar surface area (TPSA) is 32.3 Å². The second-order valence-corrected chi connectivity index (χ2v) is 8.01. The Labute approximate surface area is 166 Å². The first kappa shape index (κ1) is 18.3. The first-order chi connectivity index (χ1) is 13.1. The average Bonchev–Trinajstić information content (AvgIpc) is 2.69. The molecule has 4 heteroatoms. The van der Waals surface area contributed by atoms with Gasteiger partial charge in [-0.25, -0.2) is 0 Å². The normalized spacial score (nSPS) is 23.0. The van der Waals surface area contributed by atoms with E-state index in [-0.39, 0.29) is 17.7 Å². The number of rotatable bonds is 3.